The zero-order chi connectivity index (χ0) is 89.4. The van der Waals surface area contributed by atoms with Crippen LogP contribution in [0.5, 0.6) is 0 Å². The van der Waals surface area contributed by atoms with Crippen LogP contribution in [0.2, 0.25) is 0 Å². The Morgan fingerprint density at radius 2 is 0.531 bits per heavy atom. The number of unbranched alkanes of at least 4 members (excludes halogenated alkanes) is 5. The van der Waals surface area contributed by atoms with E-state index in [1.54, 1.807) is 24.3 Å². The maximum Gasteiger partial charge on any atom is 0.131 e. The van der Waals surface area contributed by atoms with E-state index in [1.807, 2.05) is 78.9 Å². The van der Waals surface area contributed by atoms with Gasteiger partial charge in [-0.2, -0.15) is 0 Å². The van der Waals surface area contributed by atoms with E-state index >= 15 is 4.39 Å². The van der Waals surface area contributed by atoms with Crippen LogP contribution < -0.4 is 0 Å². The maximum atomic E-state index is 15.0. The van der Waals surface area contributed by atoms with Crippen molar-refractivity contribution in [2.24, 2.45) is 23.7 Å². The number of hydrogen-bond acceptors (Lipinski definition) is 0. The molecule has 1 unspecified atom stereocenters. The van der Waals surface area contributed by atoms with Gasteiger partial charge in [0.25, 0.3) is 0 Å². The van der Waals surface area contributed by atoms with Gasteiger partial charge < -0.3 is 0 Å². The van der Waals surface area contributed by atoms with Crippen LogP contribution in [0, 0.1) is 46.9 Å². The Hall–Kier alpha value is -9.38. The minimum Gasteiger partial charge on any atom is -0.207 e. The molecule has 0 saturated heterocycles. The second-order valence-electron chi connectivity index (χ2n) is 38.8. The Kier molecular flexibility index (Phi) is 37.7. The third-order valence-corrected chi connectivity index (χ3v) is 29.6. The highest BCUT2D eigenvalue weighted by Gasteiger charge is 2.28. The molecule has 674 valence electrons. The molecule has 0 spiro atoms. The lowest BCUT2D eigenvalue weighted by molar-refractivity contribution is 0.303. The SMILES string of the molecule is CCCCC1CCC(c2ccc(-c3ccc(-c4ccc(CCC)cc4)c(F)c3)cc2)CC1.CCCCCC1CCC(c2ccc(-c3ccc(-c4ccc(CC)cc4)c(F)c3)cc2)CC1.CCCCCC1CCC(c2ccc(-c3ccc(C4C=CC(CCC)=CC4)c(F)c3)cc2)CC1.CCCc1ccc(-c2ccc(-c3ccc(C4CCC(CCC)CC4)cc3)cc2F)cc1. The zero-order valence-corrected chi connectivity index (χ0v) is 79.2. The number of rotatable bonds is 32. The fourth-order valence-electron chi connectivity index (χ4n) is 21.6. The maximum absolute atomic E-state index is 15.0. The summed E-state index contributed by atoms with van der Waals surface area (Å²) in [5.74, 6) is 6.14. The average Bonchev–Trinajstić information content (AvgIpc) is 0.820. The highest BCUT2D eigenvalue weighted by atomic mass is 19.1. The second-order valence-corrected chi connectivity index (χ2v) is 38.8. The van der Waals surface area contributed by atoms with Crippen LogP contribution >= 0.6 is 0 Å². The van der Waals surface area contributed by atoms with Crippen LogP contribution in [0.1, 0.15) is 348 Å². The molecule has 4 heteroatoms. The van der Waals surface area contributed by atoms with Crippen molar-refractivity contribution in [1.29, 1.82) is 0 Å². The van der Waals surface area contributed by atoms with Crippen LogP contribution in [0.25, 0.3) is 77.9 Å². The Balaban J connectivity index is 0.000000146. The molecule has 0 aromatic heterocycles. The smallest absolute Gasteiger partial charge is 0.131 e. The zero-order valence-electron chi connectivity index (χ0n) is 79.2. The van der Waals surface area contributed by atoms with E-state index in [9.17, 15) is 13.2 Å². The molecule has 4 saturated carbocycles. The summed E-state index contributed by atoms with van der Waals surface area (Å²) in [6.45, 7) is 17.8. The van der Waals surface area contributed by atoms with Crippen molar-refractivity contribution in [3.05, 3.63) is 334 Å². The molecule has 11 aromatic carbocycles. The molecule has 0 nitrogen and oxygen atoms in total. The van der Waals surface area contributed by atoms with Gasteiger partial charge >= 0.3 is 0 Å². The topological polar surface area (TPSA) is 0 Å². The van der Waals surface area contributed by atoms with Crippen LogP contribution in [0.4, 0.5) is 17.6 Å². The minimum absolute atomic E-state index is 0.0834. The lowest BCUT2D eigenvalue weighted by Gasteiger charge is -2.29. The lowest BCUT2D eigenvalue weighted by atomic mass is 9.77. The van der Waals surface area contributed by atoms with Crippen molar-refractivity contribution in [1.82, 2.24) is 0 Å². The number of halogens is 4. The summed E-state index contributed by atoms with van der Waals surface area (Å²) >= 11 is 0. The van der Waals surface area contributed by atoms with E-state index in [0.717, 1.165) is 142 Å². The number of aryl methyl sites for hydroxylation is 3. The molecular formula is C124H150F4. The van der Waals surface area contributed by atoms with Crippen molar-refractivity contribution in [3.8, 4) is 77.9 Å². The van der Waals surface area contributed by atoms with Crippen molar-refractivity contribution in [2.75, 3.05) is 0 Å². The fraction of sp³-hybridized carbons (Fsp3) is 0.435. The molecule has 0 bridgehead atoms. The summed E-state index contributed by atoms with van der Waals surface area (Å²) in [4.78, 5) is 0. The first-order valence-corrected chi connectivity index (χ1v) is 50.9. The van der Waals surface area contributed by atoms with Gasteiger partial charge in [-0.3, -0.25) is 0 Å². The highest BCUT2D eigenvalue weighted by molar-refractivity contribution is 5.75. The van der Waals surface area contributed by atoms with Gasteiger partial charge in [-0.25, -0.2) is 17.6 Å². The first kappa shape index (κ1) is 96.2. The monoisotopic (exact) mass is 1720 g/mol. The molecule has 1 atom stereocenters. The lowest BCUT2D eigenvalue weighted by Crippen LogP contribution is -2.13. The summed E-state index contributed by atoms with van der Waals surface area (Å²) in [5, 5.41) is 0. The van der Waals surface area contributed by atoms with Crippen molar-refractivity contribution >= 4 is 0 Å². The summed E-state index contributed by atoms with van der Waals surface area (Å²) in [5.41, 5.74) is 24.9. The van der Waals surface area contributed by atoms with Gasteiger partial charge in [-0.15, -0.1) is 0 Å². The van der Waals surface area contributed by atoms with Crippen LogP contribution in [-0.2, 0) is 19.3 Å². The third kappa shape index (κ3) is 27.4. The number of allylic oxidation sites excluding steroid dienone is 4. The number of hydrogen-bond donors (Lipinski definition) is 0. The van der Waals surface area contributed by atoms with Crippen LogP contribution in [0.15, 0.2) is 266 Å². The van der Waals surface area contributed by atoms with Gasteiger partial charge in [-0.05, 0) is 312 Å². The van der Waals surface area contributed by atoms with Gasteiger partial charge in [0.1, 0.15) is 23.3 Å². The quantitative estimate of drug-likeness (QED) is 0.0291. The molecule has 5 aliphatic carbocycles. The third-order valence-electron chi connectivity index (χ3n) is 29.6. The van der Waals surface area contributed by atoms with Gasteiger partial charge in [0.15, 0.2) is 0 Å². The predicted molar refractivity (Wildman–Crippen MR) is 542 cm³/mol. The molecule has 4 fully saturated rings. The molecule has 0 radical (unpaired) electrons. The van der Waals surface area contributed by atoms with Gasteiger partial charge in [-0.1, -0.05) is 400 Å². The largest absolute Gasteiger partial charge is 0.207 e. The van der Waals surface area contributed by atoms with Crippen LogP contribution in [-0.4, -0.2) is 0 Å². The normalized spacial score (nSPS) is 19.8. The summed E-state index contributed by atoms with van der Waals surface area (Å²) in [7, 11) is 0. The average molecular weight is 1720 g/mol. The molecule has 11 aromatic rings. The van der Waals surface area contributed by atoms with E-state index in [1.165, 1.54) is 231 Å². The minimum atomic E-state index is -0.155. The molecule has 5 aliphatic rings. The molecule has 0 heterocycles. The summed E-state index contributed by atoms with van der Waals surface area (Å²) in [6.07, 6.45) is 54.6. The summed E-state index contributed by atoms with van der Waals surface area (Å²) in [6, 6.07) is 83.1. The van der Waals surface area contributed by atoms with E-state index in [0.29, 0.717) is 40.4 Å². The molecule has 0 N–H and O–H groups in total. The molecule has 128 heavy (non-hydrogen) atoms. The van der Waals surface area contributed by atoms with E-state index in [-0.39, 0.29) is 29.2 Å². The van der Waals surface area contributed by atoms with E-state index < -0.39 is 0 Å². The van der Waals surface area contributed by atoms with Crippen LogP contribution in [0.3, 0.4) is 0 Å². The van der Waals surface area contributed by atoms with Crippen molar-refractivity contribution in [3.63, 3.8) is 0 Å². The highest BCUT2D eigenvalue weighted by Crippen LogP contribution is 2.45. The molecular weight excluding hydrogens is 1570 g/mol. The second kappa shape index (κ2) is 50.1. The summed E-state index contributed by atoms with van der Waals surface area (Å²) < 4.78 is 59.9. The van der Waals surface area contributed by atoms with Gasteiger partial charge in [0.05, 0.1) is 0 Å². The molecule has 16 rings (SSSR count). The van der Waals surface area contributed by atoms with E-state index in [2.05, 4.69) is 213 Å². The predicted octanol–water partition coefficient (Wildman–Crippen LogP) is 38.5. The Morgan fingerprint density at radius 1 is 0.242 bits per heavy atom. The van der Waals surface area contributed by atoms with Gasteiger partial charge in [0.2, 0.25) is 0 Å². The molecule has 0 aliphatic heterocycles. The Labute approximate surface area is 770 Å². The molecule has 0 amide bonds. The number of benzene rings is 11. The fourth-order valence-corrected chi connectivity index (χ4v) is 21.6. The van der Waals surface area contributed by atoms with E-state index in [4.69, 9.17) is 0 Å². The Bertz CT molecular complexity index is 5170. The van der Waals surface area contributed by atoms with Crippen molar-refractivity contribution in [2.45, 2.75) is 323 Å². The first-order valence-electron chi connectivity index (χ1n) is 50.9. The first-order chi connectivity index (χ1) is 62.7. The standard InChI is InChI=1S/C32H41F.2C31H37F.C30H35F/c1-3-5-6-8-25-9-13-26(14-10-25)27-17-19-28(20-18-27)30-21-22-31(32(33)23-30)29-15-11-24(7-4-2)12-16-29;1-3-5-6-7-24-10-12-25(13-11-24)26-16-18-27(19-17-26)29-20-21-30(31(32)22-29)28-14-8-23(4-2)9-15-28;1-3-5-7-24-8-12-25(13-9-24)26-16-18-27(19-17-26)29-20-21-30(31(32)22-29)28-14-10-23(6-4-2)11-15-28;1-3-5-22-7-11-24(12-8-22)25-15-17-26(18-16-25)28-19-20-29(30(31)21-28)27-13-9-23(6-4-2)10-14-27/h11-12,15,17-23,25-26,29H,3-10,13-14,16H2,1-2H3;8-9,14-22,24-25H,3-7,10-13H2,1-2H3;10-11,14-22,24-25H,3-9,12-13H2,1-2H3;9-10,13-22,24H,3-8,11-12H2,1-2H3. The van der Waals surface area contributed by atoms with Gasteiger partial charge in [0, 0.05) is 22.6 Å². The van der Waals surface area contributed by atoms with Crippen molar-refractivity contribution < 1.29 is 17.6 Å². The Morgan fingerprint density at radius 3 is 0.812 bits per heavy atom.